The van der Waals surface area contributed by atoms with Crippen LogP contribution in [0.4, 0.5) is 19.3 Å². The third-order valence-electron chi connectivity index (χ3n) is 3.44. The van der Waals surface area contributed by atoms with E-state index in [1.807, 2.05) is 26.0 Å². The molecule has 1 atom stereocenters. The molecule has 0 bridgehead atoms. The molecule has 0 aromatic heterocycles. The van der Waals surface area contributed by atoms with Crippen molar-refractivity contribution in [3.63, 3.8) is 0 Å². The summed E-state index contributed by atoms with van der Waals surface area (Å²) in [6.07, 6.45) is 0. The van der Waals surface area contributed by atoms with Crippen LogP contribution in [0.3, 0.4) is 0 Å². The Balaban J connectivity index is 1.93. The summed E-state index contributed by atoms with van der Waals surface area (Å²) in [6, 6.07) is 8.27. The van der Waals surface area contributed by atoms with Gasteiger partial charge < -0.3 is 5.32 Å². The summed E-state index contributed by atoms with van der Waals surface area (Å²) in [5.74, 6) is -2.46. The summed E-state index contributed by atoms with van der Waals surface area (Å²) in [6.45, 7) is 5.37. The molecule has 2 N–H and O–H groups in total. The summed E-state index contributed by atoms with van der Waals surface area (Å²) in [5.41, 5.74) is 2.56. The van der Waals surface area contributed by atoms with Gasteiger partial charge in [0.25, 0.3) is 0 Å². The number of carbonyl (C=O) groups excluding carboxylic acids is 2. The number of halogens is 2. The minimum absolute atomic E-state index is 0.399. The molecule has 25 heavy (non-hydrogen) atoms. The van der Waals surface area contributed by atoms with Crippen LogP contribution >= 0.6 is 11.8 Å². The van der Waals surface area contributed by atoms with Gasteiger partial charge in [-0.25, -0.2) is 13.6 Å². The van der Waals surface area contributed by atoms with Gasteiger partial charge in [0, 0.05) is 10.6 Å². The lowest BCUT2D eigenvalue weighted by Gasteiger charge is -2.13. The summed E-state index contributed by atoms with van der Waals surface area (Å²) < 4.78 is 26.1. The van der Waals surface area contributed by atoms with Gasteiger partial charge in [0.05, 0.1) is 5.25 Å². The Kier molecular flexibility index (Phi) is 6.14. The molecule has 0 saturated heterocycles. The fraction of sp³-hybridized carbons (Fsp3) is 0.222. The molecule has 1 unspecified atom stereocenters. The van der Waals surface area contributed by atoms with E-state index in [4.69, 9.17) is 0 Å². The van der Waals surface area contributed by atoms with Gasteiger partial charge in [0.2, 0.25) is 5.91 Å². The number of thioether (sulfide) groups is 1. The van der Waals surface area contributed by atoms with E-state index in [0.29, 0.717) is 10.6 Å². The minimum Gasteiger partial charge on any atom is -0.307 e. The average Bonchev–Trinajstić information content (AvgIpc) is 2.53. The smallest absolute Gasteiger partial charge is 0.307 e. The van der Waals surface area contributed by atoms with E-state index in [2.05, 4.69) is 10.6 Å². The van der Waals surface area contributed by atoms with Crippen molar-refractivity contribution >= 4 is 29.4 Å². The highest BCUT2D eigenvalue weighted by Gasteiger charge is 2.18. The van der Waals surface area contributed by atoms with Crippen molar-refractivity contribution in [2.45, 2.75) is 30.9 Å². The van der Waals surface area contributed by atoms with Crippen molar-refractivity contribution in [3.8, 4) is 0 Å². The molecule has 3 amide bonds. The number of hydrogen-bond acceptors (Lipinski definition) is 3. The minimum atomic E-state index is -0.981. The van der Waals surface area contributed by atoms with Crippen LogP contribution in [0.25, 0.3) is 0 Å². The van der Waals surface area contributed by atoms with Crippen LogP contribution in [-0.4, -0.2) is 17.2 Å². The van der Waals surface area contributed by atoms with Crippen LogP contribution in [0.1, 0.15) is 18.1 Å². The SMILES string of the molecule is Cc1ccc(NC(=O)NC(=O)C(C)Sc2ccc(F)c(F)c2)c(C)c1. The van der Waals surface area contributed by atoms with E-state index < -0.39 is 28.8 Å². The number of anilines is 1. The van der Waals surface area contributed by atoms with Gasteiger partial charge >= 0.3 is 6.03 Å². The maximum Gasteiger partial charge on any atom is 0.325 e. The largest absolute Gasteiger partial charge is 0.325 e. The van der Waals surface area contributed by atoms with E-state index in [9.17, 15) is 18.4 Å². The molecule has 0 saturated carbocycles. The van der Waals surface area contributed by atoms with Crippen LogP contribution in [0.15, 0.2) is 41.3 Å². The first-order chi connectivity index (χ1) is 11.8. The van der Waals surface area contributed by atoms with Crippen LogP contribution < -0.4 is 10.6 Å². The monoisotopic (exact) mass is 364 g/mol. The number of amides is 3. The molecule has 0 radical (unpaired) electrons. The number of aryl methyl sites for hydroxylation is 2. The van der Waals surface area contributed by atoms with Gasteiger partial charge in [-0.1, -0.05) is 17.7 Å². The highest BCUT2D eigenvalue weighted by molar-refractivity contribution is 8.00. The first-order valence-electron chi connectivity index (χ1n) is 7.57. The number of imide groups is 1. The second-order valence-corrected chi connectivity index (χ2v) is 7.01. The topological polar surface area (TPSA) is 58.2 Å². The van der Waals surface area contributed by atoms with Gasteiger partial charge in [-0.2, -0.15) is 0 Å². The lowest BCUT2D eigenvalue weighted by Crippen LogP contribution is -2.39. The zero-order valence-electron chi connectivity index (χ0n) is 14.0. The molecule has 0 aliphatic carbocycles. The normalized spacial score (nSPS) is 11.7. The van der Waals surface area contributed by atoms with Gasteiger partial charge in [-0.15, -0.1) is 11.8 Å². The van der Waals surface area contributed by atoms with E-state index in [1.54, 1.807) is 13.0 Å². The Morgan fingerprint density at radius 2 is 1.76 bits per heavy atom. The van der Waals surface area contributed by atoms with Gasteiger partial charge in [-0.05, 0) is 50.6 Å². The van der Waals surface area contributed by atoms with E-state index in [1.165, 1.54) is 6.07 Å². The third-order valence-corrected chi connectivity index (χ3v) is 4.53. The molecule has 2 rings (SSSR count). The molecule has 0 heterocycles. The number of rotatable bonds is 4. The third kappa shape index (κ3) is 5.29. The lowest BCUT2D eigenvalue weighted by molar-refractivity contribution is -0.119. The quantitative estimate of drug-likeness (QED) is 0.790. The summed E-state index contributed by atoms with van der Waals surface area (Å²) >= 11 is 1.03. The lowest BCUT2D eigenvalue weighted by atomic mass is 10.1. The maximum absolute atomic E-state index is 13.2. The Hall–Kier alpha value is -2.41. The fourth-order valence-corrected chi connectivity index (χ4v) is 3.02. The highest BCUT2D eigenvalue weighted by atomic mass is 32.2. The molecular weight excluding hydrogens is 346 g/mol. The Labute approximate surface area is 149 Å². The number of hydrogen-bond donors (Lipinski definition) is 2. The van der Waals surface area contributed by atoms with Crippen LogP contribution in [0.2, 0.25) is 0 Å². The van der Waals surface area contributed by atoms with Crippen molar-refractivity contribution in [3.05, 3.63) is 59.2 Å². The molecule has 0 fully saturated rings. The number of urea groups is 1. The molecule has 4 nitrogen and oxygen atoms in total. The van der Waals surface area contributed by atoms with Gasteiger partial charge in [0.15, 0.2) is 11.6 Å². The van der Waals surface area contributed by atoms with E-state index >= 15 is 0 Å². The van der Waals surface area contributed by atoms with E-state index in [0.717, 1.165) is 35.0 Å². The van der Waals surface area contributed by atoms with Crippen molar-refractivity contribution in [2.75, 3.05) is 5.32 Å². The summed E-state index contributed by atoms with van der Waals surface area (Å²) in [4.78, 5) is 24.4. The van der Waals surface area contributed by atoms with Crippen molar-refractivity contribution < 1.29 is 18.4 Å². The van der Waals surface area contributed by atoms with Gasteiger partial charge in [-0.3, -0.25) is 10.1 Å². The summed E-state index contributed by atoms with van der Waals surface area (Å²) in [5, 5.41) is 4.19. The van der Waals surface area contributed by atoms with E-state index in [-0.39, 0.29) is 0 Å². The van der Waals surface area contributed by atoms with Crippen LogP contribution in [0, 0.1) is 25.5 Å². The van der Waals surface area contributed by atoms with Crippen molar-refractivity contribution in [1.82, 2.24) is 5.32 Å². The Morgan fingerprint density at radius 1 is 1.04 bits per heavy atom. The zero-order valence-corrected chi connectivity index (χ0v) is 14.8. The molecule has 2 aromatic carbocycles. The molecule has 0 spiro atoms. The van der Waals surface area contributed by atoms with Crippen molar-refractivity contribution in [2.24, 2.45) is 0 Å². The second-order valence-electron chi connectivity index (χ2n) is 5.60. The van der Waals surface area contributed by atoms with Crippen LogP contribution in [-0.2, 0) is 4.79 Å². The molecule has 0 aliphatic rings. The fourth-order valence-electron chi connectivity index (χ4n) is 2.13. The first-order valence-corrected chi connectivity index (χ1v) is 8.45. The van der Waals surface area contributed by atoms with Crippen LogP contribution in [0.5, 0.6) is 0 Å². The Bertz CT molecular complexity index is 812. The molecule has 2 aromatic rings. The second kappa shape index (κ2) is 8.11. The molecule has 132 valence electrons. The molecule has 0 aliphatic heterocycles. The highest BCUT2D eigenvalue weighted by Crippen LogP contribution is 2.25. The van der Waals surface area contributed by atoms with Crippen molar-refractivity contribution in [1.29, 1.82) is 0 Å². The molecule has 7 heteroatoms. The number of nitrogens with one attached hydrogen (secondary N) is 2. The zero-order chi connectivity index (χ0) is 18.6. The number of carbonyl (C=O) groups is 2. The summed E-state index contributed by atoms with van der Waals surface area (Å²) in [7, 11) is 0. The average molecular weight is 364 g/mol. The predicted molar refractivity (Wildman–Crippen MR) is 94.8 cm³/mol. The van der Waals surface area contributed by atoms with Gasteiger partial charge in [0.1, 0.15) is 0 Å². The predicted octanol–water partition coefficient (Wildman–Crippen LogP) is 4.41. The Morgan fingerprint density at radius 3 is 2.40 bits per heavy atom. The maximum atomic E-state index is 13.2. The first kappa shape index (κ1) is 18.9. The molecular formula is C18H18F2N2O2S. The number of benzene rings is 2. The standard InChI is InChI=1S/C18H18F2N2O2S/c1-10-4-7-16(11(2)8-10)21-18(24)22-17(23)12(3)25-13-5-6-14(19)15(20)9-13/h4-9,12H,1-3H3,(H2,21,22,23,24).